The molecule has 0 N–H and O–H groups in total. The molecular weight excluding hydrogens is 334 g/mol. The molecule has 1 amide bonds. The van der Waals surface area contributed by atoms with E-state index in [4.69, 9.17) is 0 Å². The highest BCUT2D eigenvalue weighted by atomic mass is 32.2. The Bertz CT molecular complexity index is 733. The highest BCUT2D eigenvalue weighted by molar-refractivity contribution is 7.99. The molecule has 1 aromatic heterocycles. The summed E-state index contributed by atoms with van der Waals surface area (Å²) in [6, 6.07) is 6.54. The molecule has 25 heavy (non-hydrogen) atoms. The van der Waals surface area contributed by atoms with Crippen molar-refractivity contribution < 1.29 is 4.79 Å². The fraction of sp³-hybridized carbons (Fsp3) is 0.556. The number of thioether (sulfide) groups is 1. The average molecular weight is 359 g/mol. The first kappa shape index (κ1) is 17.9. The quantitative estimate of drug-likeness (QED) is 0.711. The van der Waals surface area contributed by atoms with Crippen LogP contribution in [0.4, 0.5) is 0 Å². The molecule has 1 aromatic carbocycles. The summed E-state index contributed by atoms with van der Waals surface area (Å²) in [5, 5.41) is 12.7. The molecule has 7 heteroatoms. The lowest BCUT2D eigenvalue weighted by atomic mass is 10.1. The van der Waals surface area contributed by atoms with Gasteiger partial charge in [-0.25, -0.2) is 0 Å². The van der Waals surface area contributed by atoms with Crippen LogP contribution in [0.5, 0.6) is 0 Å². The largest absolute Gasteiger partial charge is 0.339 e. The third-order valence-corrected chi connectivity index (χ3v) is 5.19. The van der Waals surface area contributed by atoms with Crippen molar-refractivity contribution in [2.75, 3.05) is 12.3 Å². The third kappa shape index (κ3) is 4.21. The number of rotatable bonds is 7. The Kier molecular flexibility index (Phi) is 5.42. The Balaban J connectivity index is 1.72. The number of amides is 1. The lowest BCUT2D eigenvalue weighted by Gasteiger charge is -2.24. The van der Waals surface area contributed by atoms with Gasteiger partial charge in [-0.3, -0.25) is 4.79 Å². The summed E-state index contributed by atoms with van der Waals surface area (Å²) in [6.45, 7) is 9.21. The summed E-state index contributed by atoms with van der Waals surface area (Å²) < 4.78 is 1.74. The van der Waals surface area contributed by atoms with E-state index in [0.717, 1.165) is 36.2 Å². The van der Waals surface area contributed by atoms with E-state index in [9.17, 15) is 4.79 Å². The van der Waals surface area contributed by atoms with Crippen molar-refractivity contribution in [1.29, 1.82) is 0 Å². The highest BCUT2D eigenvalue weighted by Crippen LogP contribution is 2.29. The molecule has 0 atom stereocenters. The van der Waals surface area contributed by atoms with Gasteiger partial charge in [0.1, 0.15) is 0 Å². The van der Waals surface area contributed by atoms with Crippen LogP contribution in [0, 0.1) is 19.8 Å². The van der Waals surface area contributed by atoms with Gasteiger partial charge in [-0.2, -0.15) is 4.68 Å². The van der Waals surface area contributed by atoms with Crippen LogP contribution in [0.25, 0.3) is 5.69 Å². The summed E-state index contributed by atoms with van der Waals surface area (Å²) >= 11 is 1.41. The molecule has 1 aliphatic carbocycles. The minimum absolute atomic E-state index is 0.178. The zero-order valence-electron chi connectivity index (χ0n) is 15.3. The van der Waals surface area contributed by atoms with Crippen LogP contribution in [-0.2, 0) is 4.79 Å². The summed E-state index contributed by atoms with van der Waals surface area (Å²) in [7, 11) is 0. The summed E-state index contributed by atoms with van der Waals surface area (Å²) in [5.41, 5.74) is 3.21. The minimum atomic E-state index is 0.178. The Morgan fingerprint density at radius 3 is 2.60 bits per heavy atom. The molecule has 0 radical (unpaired) electrons. The summed E-state index contributed by atoms with van der Waals surface area (Å²) in [5.74, 6) is 1.03. The lowest BCUT2D eigenvalue weighted by molar-refractivity contribution is -0.129. The van der Waals surface area contributed by atoms with Gasteiger partial charge >= 0.3 is 0 Å². The summed E-state index contributed by atoms with van der Waals surface area (Å²) in [4.78, 5) is 14.7. The molecule has 1 heterocycles. The average Bonchev–Trinajstić information content (AvgIpc) is 3.29. The molecule has 1 saturated carbocycles. The van der Waals surface area contributed by atoms with Crippen molar-refractivity contribution >= 4 is 17.7 Å². The number of carbonyl (C=O) groups is 1. The van der Waals surface area contributed by atoms with Crippen molar-refractivity contribution in [2.45, 2.75) is 51.7 Å². The molecule has 0 spiro atoms. The Hall–Kier alpha value is -1.89. The van der Waals surface area contributed by atoms with Gasteiger partial charge in [-0.1, -0.05) is 43.8 Å². The third-order valence-electron chi connectivity index (χ3n) is 4.29. The van der Waals surface area contributed by atoms with E-state index in [1.165, 1.54) is 11.8 Å². The number of hydrogen-bond donors (Lipinski definition) is 0. The van der Waals surface area contributed by atoms with E-state index in [1.54, 1.807) is 4.68 Å². The number of benzene rings is 1. The number of para-hydroxylation sites is 1. The van der Waals surface area contributed by atoms with Crippen LogP contribution in [0.3, 0.4) is 0 Å². The maximum Gasteiger partial charge on any atom is 0.233 e. The van der Waals surface area contributed by atoms with Gasteiger partial charge in [0.15, 0.2) is 0 Å². The van der Waals surface area contributed by atoms with Crippen LogP contribution in [0.15, 0.2) is 23.4 Å². The van der Waals surface area contributed by atoms with Gasteiger partial charge in [0.05, 0.1) is 11.4 Å². The predicted molar refractivity (Wildman–Crippen MR) is 98.9 cm³/mol. The van der Waals surface area contributed by atoms with Crippen molar-refractivity contribution in [1.82, 2.24) is 25.1 Å². The zero-order chi connectivity index (χ0) is 18.0. The molecule has 6 nitrogen and oxygen atoms in total. The second-order valence-electron chi connectivity index (χ2n) is 7.07. The van der Waals surface area contributed by atoms with Gasteiger partial charge in [-0.15, -0.1) is 5.10 Å². The number of carbonyl (C=O) groups excluding carboxylic acids is 1. The molecule has 1 fully saturated rings. The number of nitrogens with zero attached hydrogens (tertiary/aromatic N) is 5. The Labute approximate surface area is 153 Å². The van der Waals surface area contributed by atoms with Crippen molar-refractivity contribution in [3.63, 3.8) is 0 Å². The Morgan fingerprint density at radius 2 is 2.00 bits per heavy atom. The number of aromatic nitrogens is 4. The van der Waals surface area contributed by atoms with E-state index in [-0.39, 0.29) is 5.91 Å². The second-order valence-corrected chi connectivity index (χ2v) is 8.02. The lowest BCUT2D eigenvalue weighted by Crippen LogP contribution is -2.37. The van der Waals surface area contributed by atoms with Crippen LogP contribution < -0.4 is 0 Å². The molecule has 0 bridgehead atoms. The fourth-order valence-electron chi connectivity index (χ4n) is 2.99. The van der Waals surface area contributed by atoms with Crippen LogP contribution in [0.2, 0.25) is 0 Å². The van der Waals surface area contributed by atoms with Crippen molar-refractivity contribution in [3.8, 4) is 5.69 Å². The topological polar surface area (TPSA) is 63.9 Å². The SMILES string of the molecule is Cc1cccc(C)c1-n1nnnc1SCC(=O)N(CC(C)C)C1CC1. The first-order valence-corrected chi connectivity index (χ1v) is 9.73. The Morgan fingerprint density at radius 1 is 1.32 bits per heavy atom. The second kappa shape index (κ2) is 7.56. The van der Waals surface area contributed by atoms with E-state index in [2.05, 4.69) is 29.4 Å². The number of aryl methyl sites for hydroxylation is 2. The van der Waals surface area contributed by atoms with Crippen LogP contribution in [-0.4, -0.2) is 49.4 Å². The first-order valence-electron chi connectivity index (χ1n) is 8.74. The van der Waals surface area contributed by atoms with Crippen molar-refractivity contribution in [3.05, 3.63) is 29.3 Å². The monoisotopic (exact) mass is 359 g/mol. The first-order chi connectivity index (χ1) is 12.0. The molecule has 3 rings (SSSR count). The van der Waals surface area contributed by atoms with Gasteiger partial charge < -0.3 is 4.90 Å². The maximum absolute atomic E-state index is 12.7. The smallest absolute Gasteiger partial charge is 0.233 e. The van der Waals surface area contributed by atoms with Crippen molar-refractivity contribution in [2.24, 2.45) is 5.92 Å². The summed E-state index contributed by atoms with van der Waals surface area (Å²) in [6.07, 6.45) is 2.26. The molecular formula is C18H25N5OS. The maximum atomic E-state index is 12.7. The molecule has 0 unspecified atom stereocenters. The highest BCUT2D eigenvalue weighted by Gasteiger charge is 2.32. The number of hydrogen-bond acceptors (Lipinski definition) is 5. The van der Waals surface area contributed by atoms with Gasteiger partial charge in [0, 0.05) is 12.6 Å². The van der Waals surface area contributed by atoms with E-state index < -0.39 is 0 Å². The molecule has 2 aromatic rings. The predicted octanol–water partition coefficient (Wildman–Crippen LogP) is 3.02. The van der Waals surface area contributed by atoms with E-state index in [1.807, 2.05) is 36.9 Å². The molecule has 0 saturated heterocycles. The molecule has 0 aliphatic heterocycles. The van der Waals surface area contributed by atoms with Crippen LogP contribution in [0.1, 0.15) is 37.8 Å². The van der Waals surface area contributed by atoms with E-state index in [0.29, 0.717) is 22.9 Å². The normalized spacial score (nSPS) is 14.1. The zero-order valence-corrected chi connectivity index (χ0v) is 16.1. The minimum Gasteiger partial charge on any atom is -0.339 e. The van der Waals surface area contributed by atoms with Gasteiger partial charge in [-0.05, 0) is 54.2 Å². The van der Waals surface area contributed by atoms with Crippen LogP contribution >= 0.6 is 11.8 Å². The van der Waals surface area contributed by atoms with E-state index >= 15 is 0 Å². The number of tetrazole rings is 1. The standard InChI is InChI=1S/C18H25N5OS/c1-12(2)10-22(15-8-9-15)16(24)11-25-18-19-20-21-23(18)17-13(3)6-5-7-14(17)4/h5-7,12,15H,8-11H2,1-4H3. The molecule has 1 aliphatic rings. The fourth-order valence-corrected chi connectivity index (χ4v) is 3.76. The van der Waals surface area contributed by atoms with Gasteiger partial charge in [0.2, 0.25) is 11.1 Å². The molecule has 134 valence electrons. The van der Waals surface area contributed by atoms with Gasteiger partial charge in [0.25, 0.3) is 0 Å².